The summed E-state index contributed by atoms with van der Waals surface area (Å²) < 4.78 is 31.8. The number of nitrogens with one attached hydrogen (secondary N) is 2. The molecule has 0 aliphatic rings. The van der Waals surface area contributed by atoms with E-state index in [4.69, 9.17) is 16.3 Å². The largest absolute Gasteiger partial charge is 0.337 e. The maximum absolute atomic E-state index is 11.9. The summed E-state index contributed by atoms with van der Waals surface area (Å²) in [6.07, 6.45) is -1.99. The van der Waals surface area contributed by atoms with Crippen molar-refractivity contribution in [2.75, 3.05) is 26.9 Å². The minimum absolute atomic E-state index is 0.199. The van der Waals surface area contributed by atoms with Gasteiger partial charge in [-0.05, 0) is 26.1 Å². The molecule has 0 heterocycles. The molecule has 0 aliphatic carbocycles. The smallest absolute Gasteiger partial charge is 0.240 e. The predicted octanol–water partition coefficient (Wildman–Crippen LogP) is 1.45. The fourth-order valence-electron chi connectivity index (χ4n) is 1.26. The van der Waals surface area contributed by atoms with E-state index in [0.29, 0.717) is 0 Å². The predicted molar refractivity (Wildman–Crippen MR) is 81.6 cm³/mol. The van der Waals surface area contributed by atoms with Gasteiger partial charge < -0.3 is 4.52 Å². The maximum Gasteiger partial charge on any atom is 0.240 e. The van der Waals surface area contributed by atoms with E-state index in [1.807, 2.05) is 6.92 Å². The van der Waals surface area contributed by atoms with Gasteiger partial charge in [0.05, 0.1) is 11.5 Å². The average molecular weight is 322 g/mol. The first-order chi connectivity index (χ1) is 8.77. The molecule has 8 heteroatoms. The van der Waals surface area contributed by atoms with E-state index in [2.05, 4.69) is 9.81 Å². The number of hydrogen-bond donors (Lipinski definition) is 2. The first-order valence-electron chi connectivity index (χ1n) is 5.74. The van der Waals surface area contributed by atoms with Gasteiger partial charge in [0, 0.05) is 13.2 Å². The van der Waals surface area contributed by atoms with E-state index < -0.39 is 16.4 Å². The first kappa shape index (κ1) is 16.8. The van der Waals surface area contributed by atoms with E-state index in [0.717, 1.165) is 5.56 Å². The quantitative estimate of drug-likeness (QED) is 0.587. The van der Waals surface area contributed by atoms with Crippen molar-refractivity contribution in [1.29, 1.82) is 0 Å². The molecule has 0 bridgehead atoms. The lowest BCUT2D eigenvalue weighted by Crippen LogP contribution is -2.27. The van der Waals surface area contributed by atoms with Gasteiger partial charge in [0.15, 0.2) is 0 Å². The van der Waals surface area contributed by atoms with Gasteiger partial charge in [-0.15, -0.1) is 0 Å². The molecule has 2 N–H and O–H groups in total. The zero-order valence-electron chi connectivity index (χ0n) is 11.2. The van der Waals surface area contributed by atoms with Crippen molar-refractivity contribution < 1.29 is 12.9 Å². The lowest BCUT2D eigenvalue weighted by molar-refractivity contribution is 0.354. The molecule has 0 spiro atoms. The number of rotatable bonds is 7. The van der Waals surface area contributed by atoms with E-state index >= 15 is 0 Å². The molecule has 1 rings (SSSR count). The summed E-state index contributed by atoms with van der Waals surface area (Å²) >= 11 is 5.16. The van der Waals surface area contributed by atoms with E-state index in [1.54, 1.807) is 38.0 Å². The topological polar surface area (TPSA) is 67.4 Å². The van der Waals surface area contributed by atoms with Crippen LogP contribution in [-0.4, -0.2) is 35.3 Å². The third-order valence-corrected chi connectivity index (χ3v) is 6.30. The van der Waals surface area contributed by atoms with Crippen LogP contribution in [0.2, 0.25) is 0 Å². The fraction of sp³-hybridized carbons (Fsp3) is 0.455. The molecule has 0 aliphatic heterocycles. The second-order valence-corrected chi connectivity index (χ2v) is 10.4. The van der Waals surface area contributed by atoms with Crippen molar-refractivity contribution in [3.05, 3.63) is 29.8 Å². The second kappa shape index (κ2) is 6.92. The van der Waals surface area contributed by atoms with Crippen LogP contribution in [0.5, 0.6) is 0 Å². The van der Waals surface area contributed by atoms with E-state index in [-0.39, 0.29) is 18.0 Å². The lowest BCUT2D eigenvalue weighted by atomic mass is 10.2. The second-order valence-electron chi connectivity index (χ2n) is 4.11. The third kappa shape index (κ3) is 5.69. The van der Waals surface area contributed by atoms with Gasteiger partial charge in [0.25, 0.3) is 0 Å². The normalized spacial score (nSPS) is 15.1. The highest BCUT2D eigenvalue weighted by Crippen LogP contribution is 2.36. The van der Waals surface area contributed by atoms with Crippen LogP contribution < -0.4 is 9.81 Å². The van der Waals surface area contributed by atoms with Crippen LogP contribution >= 0.6 is 6.42 Å². The summed E-state index contributed by atoms with van der Waals surface area (Å²) in [7, 11) is -1.74. The Labute approximate surface area is 119 Å². The van der Waals surface area contributed by atoms with Gasteiger partial charge in [-0.1, -0.05) is 29.5 Å². The summed E-state index contributed by atoms with van der Waals surface area (Å²) in [5.74, 6) is 0. The van der Waals surface area contributed by atoms with Crippen LogP contribution in [-0.2, 0) is 26.4 Å². The molecular formula is C11H19N2O3PS2. The van der Waals surface area contributed by atoms with Crippen molar-refractivity contribution in [2.24, 2.45) is 0 Å². The van der Waals surface area contributed by atoms with Gasteiger partial charge in [-0.25, -0.2) is 13.1 Å². The van der Waals surface area contributed by atoms with Crippen LogP contribution in [0.3, 0.4) is 0 Å². The molecule has 0 aromatic heterocycles. The number of aryl methyl sites for hydroxylation is 1. The molecule has 0 radical (unpaired) electrons. The Kier molecular flexibility index (Phi) is 6.11. The van der Waals surface area contributed by atoms with Crippen molar-refractivity contribution in [1.82, 2.24) is 9.81 Å². The molecule has 1 aromatic carbocycles. The van der Waals surface area contributed by atoms with Gasteiger partial charge in [0.2, 0.25) is 10.0 Å². The molecule has 0 saturated carbocycles. The molecule has 108 valence electrons. The molecule has 1 unspecified atom stereocenters. The zero-order chi connectivity index (χ0) is 14.5. The molecule has 5 nitrogen and oxygen atoms in total. The van der Waals surface area contributed by atoms with Gasteiger partial charge in [-0.3, -0.25) is 5.09 Å². The Morgan fingerprint density at radius 1 is 1.32 bits per heavy atom. The Morgan fingerprint density at radius 3 is 2.42 bits per heavy atom. The molecule has 1 atom stereocenters. The molecule has 0 fully saturated rings. The lowest BCUT2D eigenvalue weighted by Gasteiger charge is -2.16. The van der Waals surface area contributed by atoms with Gasteiger partial charge in [-0.2, -0.15) is 0 Å². The highest BCUT2D eigenvalue weighted by atomic mass is 32.4. The summed E-state index contributed by atoms with van der Waals surface area (Å²) in [4.78, 5) is 0.252. The molecule has 0 amide bonds. The van der Waals surface area contributed by atoms with Crippen LogP contribution in [0.25, 0.3) is 0 Å². The SMILES string of the molecule is CNP(C)(=S)OCCNS(=O)(=O)c1ccc(C)cc1. The van der Waals surface area contributed by atoms with Crippen LogP contribution in [0.15, 0.2) is 29.2 Å². The standard InChI is InChI=1S/C11H19N2O3PS2/c1-10-4-6-11(7-5-10)19(14,15)13-8-9-16-17(3,18)12-2/h4-7,13H,8-9H2,1-3H3,(H,12,18). The zero-order valence-corrected chi connectivity index (χ0v) is 13.7. The summed E-state index contributed by atoms with van der Waals surface area (Å²) in [6, 6.07) is 6.68. The van der Waals surface area contributed by atoms with Crippen molar-refractivity contribution in [2.45, 2.75) is 11.8 Å². The molecule has 1 aromatic rings. The fourth-order valence-corrected chi connectivity index (χ4v) is 3.07. The van der Waals surface area contributed by atoms with E-state index in [9.17, 15) is 8.42 Å². The van der Waals surface area contributed by atoms with Gasteiger partial charge in [0.1, 0.15) is 6.42 Å². The Bertz CT molecular complexity index is 558. The molecule has 19 heavy (non-hydrogen) atoms. The van der Waals surface area contributed by atoms with Crippen LogP contribution in [0.1, 0.15) is 5.56 Å². The van der Waals surface area contributed by atoms with Crippen molar-refractivity contribution in [3.63, 3.8) is 0 Å². The first-order valence-corrected chi connectivity index (χ1v) is 10.4. The highest BCUT2D eigenvalue weighted by molar-refractivity contribution is 8.10. The number of hydrogen-bond acceptors (Lipinski definition) is 4. The number of sulfonamides is 1. The summed E-state index contributed by atoms with van der Waals surface area (Å²) in [5.41, 5.74) is 1.02. The molecule has 0 saturated heterocycles. The Balaban J connectivity index is 2.53. The van der Waals surface area contributed by atoms with E-state index in [1.165, 1.54) is 0 Å². The van der Waals surface area contributed by atoms with Gasteiger partial charge >= 0.3 is 0 Å². The van der Waals surface area contributed by atoms with Crippen molar-refractivity contribution in [3.8, 4) is 0 Å². The van der Waals surface area contributed by atoms with Crippen LogP contribution in [0, 0.1) is 6.92 Å². The summed E-state index contributed by atoms with van der Waals surface area (Å²) in [6.45, 7) is 4.16. The number of benzene rings is 1. The minimum Gasteiger partial charge on any atom is -0.337 e. The minimum atomic E-state index is -3.47. The highest BCUT2D eigenvalue weighted by Gasteiger charge is 2.13. The monoisotopic (exact) mass is 322 g/mol. The Morgan fingerprint density at radius 2 is 1.89 bits per heavy atom. The third-order valence-electron chi connectivity index (χ3n) is 2.47. The Hall–Kier alpha value is -0.300. The van der Waals surface area contributed by atoms with Crippen LogP contribution in [0.4, 0.5) is 0 Å². The maximum atomic E-state index is 11.9. The summed E-state index contributed by atoms with van der Waals surface area (Å²) in [5, 5.41) is 2.90. The van der Waals surface area contributed by atoms with Crippen molar-refractivity contribution >= 4 is 28.2 Å². The average Bonchev–Trinajstić information content (AvgIpc) is 2.35. The molecular weight excluding hydrogens is 303 g/mol.